The normalized spacial score (nSPS) is 16.3. The third-order valence-electron chi connectivity index (χ3n) is 11.8. The van der Waals surface area contributed by atoms with Gasteiger partial charge in [0.05, 0.1) is 28.4 Å². The highest BCUT2D eigenvalue weighted by Gasteiger charge is 2.38. The number of ether oxygens (including phenoxy) is 1. The van der Waals surface area contributed by atoms with Crippen LogP contribution in [0.5, 0.6) is 5.75 Å². The summed E-state index contributed by atoms with van der Waals surface area (Å²) in [5.74, 6) is 7.75. The van der Waals surface area contributed by atoms with Gasteiger partial charge in [-0.15, -0.1) is 0 Å². The Bertz CT molecular complexity index is 2400. The highest BCUT2D eigenvalue weighted by atomic mass is 35.5. The van der Waals surface area contributed by atoms with Crippen molar-refractivity contribution in [1.82, 2.24) is 19.0 Å². The largest absolute Gasteiger partial charge is 0.494 e. The number of fused-ring (bicyclic) bond motifs is 6. The van der Waals surface area contributed by atoms with Crippen LogP contribution in [-0.2, 0) is 13.0 Å². The van der Waals surface area contributed by atoms with Crippen LogP contribution in [0.4, 0.5) is 5.69 Å². The number of hydrazine groups is 1. The lowest BCUT2D eigenvalue weighted by Gasteiger charge is -2.35. The van der Waals surface area contributed by atoms with E-state index in [2.05, 4.69) is 49.8 Å². The summed E-state index contributed by atoms with van der Waals surface area (Å²) in [5.41, 5.74) is 9.82. The second-order valence-electron chi connectivity index (χ2n) is 16.7. The zero-order valence-corrected chi connectivity index (χ0v) is 36.3. The van der Waals surface area contributed by atoms with E-state index in [0.29, 0.717) is 61.4 Å². The Labute approximate surface area is 346 Å². The van der Waals surface area contributed by atoms with E-state index in [0.717, 1.165) is 84.8 Å². The fraction of sp³-hybridized carbons (Fsp3) is 0.435. The van der Waals surface area contributed by atoms with E-state index in [1.54, 1.807) is 5.01 Å². The molecule has 0 saturated carbocycles. The summed E-state index contributed by atoms with van der Waals surface area (Å²) >= 11 is 13.6. The molecule has 0 aliphatic carbocycles. The zero-order valence-electron chi connectivity index (χ0n) is 34.8. The average Bonchev–Trinajstić information content (AvgIpc) is 3.71. The van der Waals surface area contributed by atoms with E-state index in [4.69, 9.17) is 33.8 Å². The van der Waals surface area contributed by atoms with Crippen LogP contribution in [0.3, 0.4) is 0 Å². The minimum atomic E-state index is -0.106. The summed E-state index contributed by atoms with van der Waals surface area (Å²) in [6.45, 7) is 19.8. The van der Waals surface area contributed by atoms with Crippen LogP contribution >= 0.6 is 23.2 Å². The Morgan fingerprint density at radius 1 is 0.982 bits per heavy atom. The third kappa shape index (κ3) is 7.32. The summed E-state index contributed by atoms with van der Waals surface area (Å²) in [4.78, 5) is 33.1. The molecule has 9 nitrogen and oxygen atoms in total. The molecule has 7 rings (SSSR count). The standard InChI is InChI=1S/C46H56Cl2N6O3/c1-26(2)17-18-51-19-20-52-38(45(51)55)24-32-12-10-14-37(42(32)52)53-25-30(7)54-43-35(15-16-36(47)40(43)39(27(3)4)31(8)50(9)49)34(44(54)46(53)56)13-11-21-57-33-22-28(5)41(48)29(6)23-33/h10,12,14-16,22-24,26-27,30H,11,13,17-21,25,49H2,1-9H3/b39-31+/t30-/m1/s1. The van der Waals surface area contributed by atoms with E-state index in [1.165, 1.54) is 0 Å². The highest BCUT2D eigenvalue weighted by molar-refractivity contribution is 6.34. The summed E-state index contributed by atoms with van der Waals surface area (Å²) in [5, 5.41) is 4.97. The molecule has 0 bridgehead atoms. The molecule has 2 aliphatic rings. The summed E-state index contributed by atoms with van der Waals surface area (Å²) < 4.78 is 10.6. The molecule has 0 spiro atoms. The number of amides is 2. The lowest BCUT2D eigenvalue weighted by Crippen LogP contribution is -2.43. The average molecular weight is 812 g/mol. The van der Waals surface area contributed by atoms with Gasteiger partial charge < -0.3 is 28.7 Å². The van der Waals surface area contributed by atoms with Gasteiger partial charge in [-0.25, -0.2) is 5.84 Å². The Morgan fingerprint density at radius 3 is 2.37 bits per heavy atom. The van der Waals surface area contributed by atoms with Crippen molar-refractivity contribution in [3.8, 4) is 5.75 Å². The number of aryl methyl sites for hydroxylation is 3. The number of hydrogen-bond acceptors (Lipinski definition) is 5. The maximum atomic E-state index is 15.4. The molecular formula is C46H56Cl2N6O3. The molecule has 0 radical (unpaired) electrons. The molecule has 3 aromatic carbocycles. The third-order valence-corrected chi connectivity index (χ3v) is 12.7. The number of nitrogens with zero attached hydrogens (tertiary/aromatic N) is 5. The van der Waals surface area contributed by atoms with Crippen LogP contribution in [0.25, 0.3) is 27.4 Å². The Kier molecular flexibility index (Phi) is 11.5. The maximum absolute atomic E-state index is 15.4. The predicted molar refractivity (Wildman–Crippen MR) is 235 cm³/mol. The molecule has 11 heteroatoms. The number of carbonyl (C=O) groups excluding carboxylic acids is 2. The number of aromatic nitrogens is 2. The molecule has 57 heavy (non-hydrogen) atoms. The van der Waals surface area contributed by atoms with Crippen molar-refractivity contribution in [3.05, 3.63) is 97.9 Å². The second kappa shape index (κ2) is 16.1. The van der Waals surface area contributed by atoms with E-state index < -0.39 is 0 Å². The van der Waals surface area contributed by atoms with Gasteiger partial charge in [-0.2, -0.15) is 0 Å². The quantitative estimate of drug-likeness (QED) is 0.0770. The van der Waals surface area contributed by atoms with Crippen LogP contribution in [0.15, 0.2) is 54.2 Å². The molecule has 5 aromatic rings. The van der Waals surface area contributed by atoms with Crippen molar-refractivity contribution in [2.75, 3.05) is 38.2 Å². The van der Waals surface area contributed by atoms with Gasteiger partial charge in [-0.3, -0.25) is 9.59 Å². The molecule has 0 saturated heterocycles. The van der Waals surface area contributed by atoms with Gasteiger partial charge in [-0.05, 0) is 111 Å². The number of carbonyl (C=O) groups is 2. The first-order valence-electron chi connectivity index (χ1n) is 20.3. The molecule has 0 fully saturated rings. The number of rotatable bonds is 12. The summed E-state index contributed by atoms with van der Waals surface area (Å²) in [6, 6.07) is 15.9. The van der Waals surface area contributed by atoms with Gasteiger partial charge >= 0.3 is 0 Å². The lowest BCUT2D eigenvalue weighted by atomic mass is 9.91. The minimum Gasteiger partial charge on any atom is -0.494 e. The highest BCUT2D eigenvalue weighted by Crippen LogP contribution is 2.45. The number of hydrogen-bond donors (Lipinski definition) is 1. The second-order valence-corrected chi connectivity index (χ2v) is 17.5. The first-order valence-corrected chi connectivity index (χ1v) is 21.0. The number of para-hydroxylation sites is 1. The number of halogens is 2. The van der Waals surface area contributed by atoms with Gasteiger partial charge in [-0.1, -0.05) is 69.1 Å². The summed E-state index contributed by atoms with van der Waals surface area (Å²) in [7, 11) is 1.84. The van der Waals surface area contributed by atoms with Crippen LogP contribution in [0, 0.1) is 25.7 Å². The zero-order chi connectivity index (χ0) is 41.0. The van der Waals surface area contributed by atoms with Crippen molar-refractivity contribution < 1.29 is 14.3 Å². The van der Waals surface area contributed by atoms with Crippen molar-refractivity contribution in [2.24, 2.45) is 17.7 Å². The molecule has 1 atom stereocenters. The van der Waals surface area contributed by atoms with E-state index in [-0.39, 0.29) is 23.8 Å². The minimum absolute atomic E-state index is 0.0489. The molecule has 2 aromatic heterocycles. The monoisotopic (exact) mass is 810 g/mol. The van der Waals surface area contributed by atoms with Gasteiger partial charge in [0.15, 0.2) is 0 Å². The SMILES string of the molecule is C/C(=C(\c1c(Cl)ccc2c(CCCOc3cc(C)c(Cl)c(C)c3)c3n(c12)[C@H](C)CN(c1cccc2cc4n(c12)CCN(CCC(C)C)C4=O)C3=O)C(C)C)N(C)N. The number of anilines is 1. The fourth-order valence-corrected chi connectivity index (χ4v) is 9.30. The lowest BCUT2D eigenvalue weighted by molar-refractivity contribution is 0.0699. The summed E-state index contributed by atoms with van der Waals surface area (Å²) in [6.07, 6.45) is 2.25. The van der Waals surface area contributed by atoms with Gasteiger partial charge in [0.1, 0.15) is 17.1 Å². The molecule has 2 aliphatic heterocycles. The molecule has 2 amide bonds. The Balaban J connectivity index is 1.35. The van der Waals surface area contributed by atoms with Crippen LogP contribution in [-0.4, -0.2) is 64.1 Å². The Hall–Kier alpha value is -4.44. The molecular weight excluding hydrogens is 755 g/mol. The first-order chi connectivity index (χ1) is 27.1. The smallest absolute Gasteiger partial charge is 0.275 e. The molecule has 302 valence electrons. The van der Waals surface area contributed by atoms with E-state index in [9.17, 15) is 4.79 Å². The molecule has 2 N–H and O–H groups in total. The van der Waals surface area contributed by atoms with Gasteiger partial charge in [0.25, 0.3) is 11.8 Å². The van der Waals surface area contributed by atoms with Crippen molar-refractivity contribution in [3.63, 3.8) is 0 Å². The van der Waals surface area contributed by atoms with Crippen molar-refractivity contribution in [1.29, 1.82) is 0 Å². The van der Waals surface area contributed by atoms with Crippen LogP contribution in [0.2, 0.25) is 10.0 Å². The molecule has 0 unspecified atom stereocenters. The van der Waals surface area contributed by atoms with E-state index in [1.807, 2.05) is 80.1 Å². The number of nitrogens with two attached hydrogens (primary N) is 1. The maximum Gasteiger partial charge on any atom is 0.275 e. The van der Waals surface area contributed by atoms with Crippen molar-refractivity contribution >= 4 is 68.1 Å². The van der Waals surface area contributed by atoms with Crippen LogP contribution < -0.4 is 15.5 Å². The fourth-order valence-electron chi connectivity index (χ4n) is 8.94. The predicted octanol–water partition coefficient (Wildman–Crippen LogP) is 10.4. The molecule has 4 heterocycles. The number of allylic oxidation sites excluding steroid dienone is 2. The topological polar surface area (TPSA) is 89.0 Å². The van der Waals surface area contributed by atoms with Gasteiger partial charge in [0.2, 0.25) is 0 Å². The van der Waals surface area contributed by atoms with Crippen LogP contribution in [0.1, 0.15) is 104 Å². The Morgan fingerprint density at radius 2 is 1.70 bits per heavy atom. The first kappa shape index (κ1) is 40.7. The number of benzene rings is 3. The van der Waals surface area contributed by atoms with Gasteiger partial charge in [0, 0.05) is 66.3 Å². The van der Waals surface area contributed by atoms with E-state index >= 15 is 4.79 Å². The van der Waals surface area contributed by atoms with Crippen molar-refractivity contribution in [2.45, 2.75) is 87.2 Å².